The summed E-state index contributed by atoms with van der Waals surface area (Å²) in [5.74, 6) is -0.646. The van der Waals surface area contributed by atoms with Crippen molar-refractivity contribution in [2.45, 2.75) is 26.2 Å². The third kappa shape index (κ3) is 3.20. The Balaban J connectivity index is 1.91. The number of carbonyl (C=O) groups excluding carboxylic acids is 2. The molecule has 0 bridgehead atoms. The summed E-state index contributed by atoms with van der Waals surface area (Å²) in [5.41, 5.74) is 1.89. The fourth-order valence-corrected chi connectivity index (χ4v) is 2.97. The predicted molar refractivity (Wildman–Crippen MR) is 102 cm³/mol. The van der Waals surface area contributed by atoms with Gasteiger partial charge in [0.2, 0.25) is 5.91 Å². The number of esters is 1. The molecule has 0 aliphatic rings. The van der Waals surface area contributed by atoms with Gasteiger partial charge in [0.1, 0.15) is 0 Å². The molecule has 0 aliphatic heterocycles. The summed E-state index contributed by atoms with van der Waals surface area (Å²) in [6, 6.07) is 14.7. The molecule has 0 saturated heterocycles. The maximum atomic E-state index is 13.0. The van der Waals surface area contributed by atoms with Gasteiger partial charge in [0.15, 0.2) is 0 Å². The molecule has 5 nitrogen and oxygen atoms in total. The molecule has 134 valence electrons. The van der Waals surface area contributed by atoms with E-state index in [0.717, 1.165) is 16.5 Å². The van der Waals surface area contributed by atoms with E-state index in [4.69, 9.17) is 4.74 Å². The van der Waals surface area contributed by atoms with Gasteiger partial charge in [-0.25, -0.2) is 4.79 Å². The van der Waals surface area contributed by atoms with Crippen molar-refractivity contribution >= 4 is 28.5 Å². The van der Waals surface area contributed by atoms with Gasteiger partial charge in [0.05, 0.1) is 23.3 Å². The van der Waals surface area contributed by atoms with Crippen LogP contribution in [0.5, 0.6) is 0 Å². The Hall–Kier alpha value is -3.08. The Kier molecular flexibility index (Phi) is 4.80. The molecule has 2 N–H and O–H groups in total. The number of nitrogens with one attached hydrogen (secondary N) is 2. The largest absolute Gasteiger partial charge is 0.462 e. The Morgan fingerprint density at radius 2 is 1.77 bits per heavy atom. The van der Waals surface area contributed by atoms with E-state index in [9.17, 15) is 9.59 Å². The van der Waals surface area contributed by atoms with E-state index >= 15 is 0 Å². The zero-order chi connectivity index (χ0) is 18.7. The highest BCUT2D eigenvalue weighted by atomic mass is 16.5. The number of ether oxygens (including phenoxy) is 1. The van der Waals surface area contributed by atoms with E-state index in [-0.39, 0.29) is 12.5 Å². The third-order valence-corrected chi connectivity index (χ3v) is 4.50. The van der Waals surface area contributed by atoms with Crippen LogP contribution in [0, 0.1) is 0 Å². The fourth-order valence-electron chi connectivity index (χ4n) is 2.97. The van der Waals surface area contributed by atoms with Crippen molar-refractivity contribution in [2.75, 3.05) is 11.9 Å². The van der Waals surface area contributed by atoms with Gasteiger partial charge in [-0.15, -0.1) is 0 Å². The summed E-state index contributed by atoms with van der Waals surface area (Å²) in [7, 11) is 0. The molecule has 0 atom stereocenters. The number of fused-ring (bicyclic) bond motifs is 1. The van der Waals surface area contributed by atoms with Crippen molar-refractivity contribution in [1.82, 2.24) is 4.98 Å². The number of aromatic nitrogens is 1. The second kappa shape index (κ2) is 7.04. The number of anilines is 1. The first-order valence-corrected chi connectivity index (χ1v) is 8.59. The number of aromatic amines is 1. The second-order valence-corrected chi connectivity index (χ2v) is 6.59. The highest BCUT2D eigenvalue weighted by Gasteiger charge is 2.33. The van der Waals surface area contributed by atoms with Gasteiger partial charge >= 0.3 is 5.97 Å². The summed E-state index contributed by atoms with van der Waals surface area (Å²) in [6.45, 7) is 5.76. The van der Waals surface area contributed by atoms with Gasteiger partial charge in [-0.1, -0.05) is 30.3 Å². The molecule has 3 rings (SSSR count). The smallest absolute Gasteiger partial charge is 0.340 e. The van der Waals surface area contributed by atoms with Crippen molar-refractivity contribution in [3.05, 3.63) is 65.9 Å². The van der Waals surface area contributed by atoms with Gasteiger partial charge in [-0.2, -0.15) is 0 Å². The van der Waals surface area contributed by atoms with Crippen LogP contribution in [0.3, 0.4) is 0 Å². The zero-order valence-electron chi connectivity index (χ0n) is 15.1. The monoisotopic (exact) mass is 350 g/mol. The quantitative estimate of drug-likeness (QED) is 0.675. The number of hydrogen-bond acceptors (Lipinski definition) is 3. The summed E-state index contributed by atoms with van der Waals surface area (Å²) in [6.07, 6.45) is 1.86. The van der Waals surface area contributed by atoms with Gasteiger partial charge in [-0.05, 0) is 44.5 Å². The van der Waals surface area contributed by atoms with Crippen molar-refractivity contribution in [2.24, 2.45) is 0 Å². The Morgan fingerprint density at radius 1 is 1.08 bits per heavy atom. The Morgan fingerprint density at radius 3 is 2.54 bits per heavy atom. The van der Waals surface area contributed by atoms with Crippen molar-refractivity contribution in [3.8, 4) is 0 Å². The lowest BCUT2D eigenvalue weighted by Crippen LogP contribution is -2.35. The molecule has 1 amide bonds. The number of hydrogen-bond donors (Lipinski definition) is 2. The first-order chi connectivity index (χ1) is 12.4. The minimum absolute atomic E-state index is 0.195. The Bertz CT molecular complexity index is 957. The van der Waals surface area contributed by atoms with Crippen LogP contribution in [0.1, 0.15) is 36.7 Å². The maximum Gasteiger partial charge on any atom is 0.340 e. The van der Waals surface area contributed by atoms with E-state index in [1.165, 1.54) is 0 Å². The first-order valence-electron chi connectivity index (χ1n) is 8.59. The lowest BCUT2D eigenvalue weighted by molar-refractivity contribution is -0.120. The van der Waals surface area contributed by atoms with E-state index in [1.807, 2.05) is 44.3 Å². The summed E-state index contributed by atoms with van der Waals surface area (Å²) < 4.78 is 5.07. The normalized spacial score (nSPS) is 11.3. The van der Waals surface area contributed by atoms with Gasteiger partial charge in [0.25, 0.3) is 0 Å². The van der Waals surface area contributed by atoms with Crippen molar-refractivity contribution in [1.29, 1.82) is 0 Å². The molecule has 0 fully saturated rings. The van der Waals surface area contributed by atoms with Crippen LogP contribution >= 0.6 is 0 Å². The van der Waals surface area contributed by atoms with Gasteiger partial charge in [-0.3, -0.25) is 4.79 Å². The lowest BCUT2D eigenvalue weighted by Gasteiger charge is -2.24. The SMILES string of the molecule is CCOC(=O)c1ccccc1NC(=O)C(C)(C)c1c[nH]c2ccccc12. The van der Waals surface area contributed by atoms with E-state index in [2.05, 4.69) is 10.3 Å². The predicted octanol–water partition coefficient (Wildman–Crippen LogP) is 4.26. The number of para-hydroxylation sites is 2. The van der Waals surface area contributed by atoms with E-state index < -0.39 is 11.4 Å². The molecule has 0 unspecified atom stereocenters. The molecular formula is C21H22N2O3. The molecule has 1 aromatic heterocycles. The number of H-pyrrole nitrogens is 1. The van der Waals surface area contributed by atoms with E-state index in [0.29, 0.717) is 11.3 Å². The number of benzene rings is 2. The van der Waals surface area contributed by atoms with Crippen molar-refractivity contribution in [3.63, 3.8) is 0 Å². The molecule has 0 saturated carbocycles. The summed E-state index contributed by atoms with van der Waals surface area (Å²) >= 11 is 0. The highest BCUT2D eigenvalue weighted by molar-refractivity contribution is 6.06. The Labute approximate surface area is 152 Å². The zero-order valence-corrected chi connectivity index (χ0v) is 15.1. The average molecular weight is 350 g/mol. The van der Waals surface area contributed by atoms with E-state index in [1.54, 1.807) is 31.2 Å². The standard InChI is InChI=1S/C21H22N2O3/c1-4-26-19(24)15-10-6-8-12-18(15)23-20(25)21(2,3)16-13-22-17-11-7-5-9-14(16)17/h5-13,22H,4H2,1-3H3,(H,23,25). The van der Waals surface area contributed by atoms with Crippen LogP contribution in [-0.2, 0) is 14.9 Å². The molecule has 0 radical (unpaired) electrons. The van der Waals surface area contributed by atoms with Crippen LogP contribution in [0.25, 0.3) is 10.9 Å². The molecule has 1 heterocycles. The van der Waals surface area contributed by atoms with Crippen LogP contribution in [0.4, 0.5) is 5.69 Å². The second-order valence-electron chi connectivity index (χ2n) is 6.59. The number of rotatable bonds is 5. The molecule has 26 heavy (non-hydrogen) atoms. The van der Waals surface area contributed by atoms with Gasteiger partial charge < -0.3 is 15.0 Å². The van der Waals surface area contributed by atoms with Crippen LogP contribution in [0.2, 0.25) is 0 Å². The molecule has 0 spiro atoms. The fraction of sp³-hybridized carbons (Fsp3) is 0.238. The molecule has 5 heteroatoms. The van der Waals surface area contributed by atoms with Crippen molar-refractivity contribution < 1.29 is 14.3 Å². The average Bonchev–Trinajstić information content (AvgIpc) is 3.07. The molecular weight excluding hydrogens is 328 g/mol. The number of carbonyl (C=O) groups is 2. The van der Waals surface area contributed by atoms with Crippen LogP contribution < -0.4 is 5.32 Å². The molecule has 0 aliphatic carbocycles. The maximum absolute atomic E-state index is 13.0. The topological polar surface area (TPSA) is 71.2 Å². The summed E-state index contributed by atoms with van der Waals surface area (Å²) in [5, 5.41) is 3.90. The minimum atomic E-state index is -0.790. The molecule has 3 aromatic rings. The number of amides is 1. The van der Waals surface area contributed by atoms with Crippen LogP contribution in [0.15, 0.2) is 54.7 Å². The molecule has 2 aromatic carbocycles. The van der Waals surface area contributed by atoms with Crippen LogP contribution in [-0.4, -0.2) is 23.5 Å². The third-order valence-electron chi connectivity index (χ3n) is 4.50. The highest BCUT2D eigenvalue weighted by Crippen LogP contribution is 2.32. The summed E-state index contributed by atoms with van der Waals surface area (Å²) in [4.78, 5) is 28.4. The first kappa shape index (κ1) is 17.7. The minimum Gasteiger partial charge on any atom is -0.462 e. The van der Waals surface area contributed by atoms with Gasteiger partial charge in [0, 0.05) is 17.1 Å². The lowest BCUT2D eigenvalue weighted by atomic mass is 9.83.